The number of benzene rings is 1. The summed E-state index contributed by atoms with van der Waals surface area (Å²) in [5.41, 5.74) is 0.708. The number of terminal acetylenes is 1. The van der Waals surface area contributed by atoms with Crippen molar-refractivity contribution in [3.05, 3.63) is 26.6 Å². The molecule has 0 N–H and O–H groups in total. The van der Waals surface area contributed by atoms with Gasteiger partial charge in [0, 0.05) is 12.5 Å². The lowest BCUT2D eigenvalue weighted by molar-refractivity contribution is -0.131. The molecule has 2 nitrogen and oxygen atoms in total. The van der Waals surface area contributed by atoms with Gasteiger partial charge in [-0.1, -0.05) is 5.92 Å². The molecule has 0 heterocycles. The Hall–Kier alpha value is -0.790. The van der Waals surface area contributed by atoms with Crippen molar-refractivity contribution in [3.63, 3.8) is 0 Å². The standard InChI is InChI=1S/C10H6Br2O2/c1-3-7-4-8(11)10(9(12)5-7)14-6(2)13/h1,4-5H,2H3. The van der Waals surface area contributed by atoms with Gasteiger partial charge in [0.05, 0.1) is 8.95 Å². The molecule has 0 aliphatic rings. The van der Waals surface area contributed by atoms with Gasteiger partial charge in [0.25, 0.3) is 0 Å². The molecule has 72 valence electrons. The number of carbonyl (C=O) groups excluding carboxylic acids is 1. The van der Waals surface area contributed by atoms with E-state index in [0.29, 0.717) is 20.3 Å². The third kappa shape index (κ3) is 2.60. The minimum atomic E-state index is -0.375. The Morgan fingerprint density at radius 3 is 2.29 bits per heavy atom. The van der Waals surface area contributed by atoms with Gasteiger partial charge in [-0.2, -0.15) is 0 Å². The average Bonchev–Trinajstić information content (AvgIpc) is 2.10. The van der Waals surface area contributed by atoms with Crippen LogP contribution >= 0.6 is 31.9 Å². The zero-order valence-corrected chi connectivity index (χ0v) is 10.5. The molecule has 0 bridgehead atoms. The van der Waals surface area contributed by atoms with E-state index in [1.807, 2.05) is 0 Å². The van der Waals surface area contributed by atoms with E-state index in [2.05, 4.69) is 37.8 Å². The van der Waals surface area contributed by atoms with Crippen LogP contribution in [0.1, 0.15) is 12.5 Å². The third-order valence-electron chi connectivity index (χ3n) is 1.41. The lowest BCUT2D eigenvalue weighted by atomic mass is 10.2. The van der Waals surface area contributed by atoms with E-state index >= 15 is 0 Å². The van der Waals surface area contributed by atoms with Crippen LogP contribution in [0.4, 0.5) is 0 Å². The topological polar surface area (TPSA) is 26.3 Å². The Balaban J connectivity index is 3.19. The fourth-order valence-corrected chi connectivity index (χ4v) is 2.23. The van der Waals surface area contributed by atoms with Crippen molar-refractivity contribution in [1.82, 2.24) is 0 Å². The molecule has 0 saturated carbocycles. The molecule has 0 saturated heterocycles. The summed E-state index contributed by atoms with van der Waals surface area (Å²) in [6.07, 6.45) is 5.24. The number of rotatable bonds is 1. The molecule has 1 rings (SSSR count). The minimum Gasteiger partial charge on any atom is -0.424 e. The maximum absolute atomic E-state index is 10.8. The van der Waals surface area contributed by atoms with E-state index in [-0.39, 0.29) is 5.97 Å². The molecule has 0 unspecified atom stereocenters. The van der Waals surface area contributed by atoms with Crippen molar-refractivity contribution >= 4 is 37.8 Å². The molecule has 0 aliphatic carbocycles. The lowest BCUT2D eigenvalue weighted by Gasteiger charge is -2.07. The molecule has 1 aromatic rings. The van der Waals surface area contributed by atoms with Gasteiger partial charge in [-0.3, -0.25) is 4.79 Å². The van der Waals surface area contributed by atoms with Crippen LogP contribution in [0.2, 0.25) is 0 Å². The molecular weight excluding hydrogens is 312 g/mol. The van der Waals surface area contributed by atoms with Crippen LogP contribution in [-0.2, 0) is 4.79 Å². The van der Waals surface area contributed by atoms with E-state index in [0.717, 1.165) is 0 Å². The van der Waals surface area contributed by atoms with Crippen LogP contribution < -0.4 is 4.74 Å². The predicted octanol–water partition coefficient (Wildman–Crippen LogP) is 3.12. The fourth-order valence-electron chi connectivity index (χ4n) is 0.884. The first-order valence-electron chi connectivity index (χ1n) is 3.68. The summed E-state index contributed by atoms with van der Waals surface area (Å²) in [7, 11) is 0. The number of ether oxygens (including phenoxy) is 1. The largest absolute Gasteiger partial charge is 0.424 e. The van der Waals surface area contributed by atoms with Crippen molar-refractivity contribution in [2.75, 3.05) is 0 Å². The molecule has 1 aromatic carbocycles. The van der Waals surface area contributed by atoms with E-state index in [4.69, 9.17) is 11.2 Å². The van der Waals surface area contributed by atoms with Gasteiger partial charge in [0.1, 0.15) is 0 Å². The van der Waals surface area contributed by atoms with Gasteiger partial charge < -0.3 is 4.74 Å². The molecule has 0 amide bonds. The zero-order valence-electron chi connectivity index (χ0n) is 7.30. The smallest absolute Gasteiger partial charge is 0.308 e. The summed E-state index contributed by atoms with van der Waals surface area (Å²) in [6.45, 7) is 1.34. The summed E-state index contributed by atoms with van der Waals surface area (Å²) in [4.78, 5) is 10.8. The number of hydrogen-bond acceptors (Lipinski definition) is 2. The second kappa shape index (κ2) is 4.63. The van der Waals surface area contributed by atoms with Crippen molar-refractivity contribution in [3.8, 4) is 18.1 Å². The summed E-state index contributed by atoms with van der Waals surface area (Å²) in [5, 5.41) is 0. The molecule has 0 radical (unpaired) electrons. The first kappa shape index (κ1) is 11.3. The van der Waals surface area contributed by atoms with E-state index in [9.17, 15) is 4.79 Å². The number of halogens is 2. The lowest BCUT2D eigenvalue weighted by Crippen LogP contribution is -2.02. The van der Waals surface area contributed by atoms with Crippen LogP contribution in [0, 0.1) is 12.3 Å². The molecule has 0 atom stereocenters. The Kier molecular flexibility index (Phi) is 3.73. The predicted molar refractivity (Wildman–Crippen MR) is 61.1 cm³/mol. The molecule has 0 fully saturated rings. The molecule has 0 aromatic heterocycles. The highest BCUT2D eigenvalue weighted by molar-refractivity contribution is 9.11. The second-order valence-electron chi connectivity index (χ2n) is 2.51. The van der Waals surface area contributed by atoms with E-state index in [1.165, 1.54) is 6.92 Å². The van der Waals surface area contributed by atoms with E-state index < -0.39 is 0 Å². The highest BCUT2D eigenvalue weighted by Gasteiger charge is 2.10. The molecule has 0 aliphatic heterocycles. The van der Waals surface area contributed by atoms with Crippen molar-refractivity contribution in [2.45, 2.75) is 6.92 Å². The first-order valence-corrected chi connectivity index (χ1v) is 5.27. The van der Waals surface area contributed by atoms with Crippen LogP contribution in [0.5, 0.6) is 5.75 Å². The van der Waals surface area contributed by atoms with Gasteiger partial charge in [0.15, 0.2) is 5.75 Å². The molecule has 0 spiro atoms. The highest BCUT2D eigenvalue weighted by Crippen LogP contribution is 2.34. The number of carbonyl (C=O) groups is 1. The fraction of sp³-hybridized carbons (Fsp3) is 0.100. The van der Waals surface area contributed by atoms with Gasteiger partial charge in [-0.15, -0.1) is 6.42 Å². The third-order valence-corrected chi connectivity index (χ3v) is 2.59. The Morgan fingerprint density at radius 2 is 1.93 bits per heavy atom. The van der Waals surface area contributed by atoms with E-state index in [1.54, 1.807) is 12.1 Å². The van der Waals surface area contributed by atoms with Crippen molar-refractivity contribution in [1.29, 1.82) is 0 Å². The highest BCUT2D eigenvalue weighted by atomic mass is 79.9. The first-order chi connectivity index (χ1) is 6.54. The Labute approximate surface area is 98.9 Å². The monoisotopic (exact) mass is 316 g/mol. The maximum Gasteiger partial charge on any atom is 0.308 e. The summed E-state index contributed by atoms with van der Waals surface area (Å²) in [6, 6.07) is 3.42. The minimum absolute atomic E-state index is 0.375. The van der Waals surface area contributed by atoms with Crippen molar-refractivity contribution < 1.29 is 9.53 Å². The quantitative estimate of drug-likeness (QED) is 0.452. The van der Waals surface area contributed by atoms with Gasteiger partial charge >= 0.3 is 5.97 Å². The molecule has 14 heavy (non-hydrogen) atoms. The van der Waals surface area contributed by atoms with Crippen LogP contribution in [0.25, 0.3) is 0 Å². The van der Waals surface area contributed by atoms with Gasteiger partial charge in [-0.05, 0) is 44.0 Å². The van der Waals surface area contributed by atoms with Crippen molar-refractivity contribution in [2.24, 2.45) is 0 Å². The number of esters is 1. The summed E-state index contributed by atoms with van der Waals surface area (Å²) in [5.74, 6) is 2.55. The second-order valence-corrected chi connectivity index (χ2v) is 4.22. The molecular formula is C10H6Br2O2. The van der Waals surface area contributed by atoms with Gasteiger partial charge in [0.2, 0.25) is 0 Å². The average molecular weight is 318 g/mol. The number of hydrogen-bond donors (Lipinski definition) is 0. The Bertz CT molecular complexity index is 396. The molecule has 4 heteroatoms. The Morgan fingerprint density at radius 1 is 1.43 bits per heavy atom. The summed E-state index contributed by atoms with van der Waals surface area (Å²) < 4.78 is 6.27. The van der Waals surface area contributed by atoms with Gasteiger partial charge in [-0.25, -0.2) is 0 Å². The normalized spacial score (nSPS) is 9.29. The summed E-state index contributed by atoms with van der Waals surface area (Å²) >= 11 is 6.53. The zero-order chi connectivity index (χ0) is 10.7. The van der Waals surface area contributed by atoms with Crippen LogP contribution in [0.3, 0.4) is 0 Å². The van der Waals surface area contributed by atoms with Crippen LogP contribution in [-0.4, -0.2) is 5.97 Å². The van der Waals surface area contributed by atoms with Crippen LogP contribution in [0.15, 0.2) is 21.1 Å². The maximum atomic E-state index is 10.8. The SMILES string of the molecule is C#Cc1cc(Br)c(OC(C)=O)c(Br)c1.